The predicted octanol–water partition coefficient (Wildman–Crippen LogP) is 1.27. The molecule has 6 nitrogen and oxygen atoms in total. The van der Waals surface area contributed by atoms with E-state index in [0.717, 1.165) is 0 Å². The molecule has 0 aromatic carbocycles. The molecule has 0 aliphatic heterocycles. The highest BCUT2D eigenvalue weighted by molar-refractivity contribution is 5.90. The van der Waals surface area contributed by atoms with Crippen molar-refractivity contribution in [3.63, 3.8) is 0 Å². The molecular formula is C10H11NO5. The fraction of sp³-hybridized carbons (Fsp3) is 0.300. The van der Waals surface area contributed by atoms with Gasteiger partial charge in [0.05, 0.1) is 6.10 Å². The van der Waals surface area contributed by atoms with Gasteiger partial charge in [-0.15, -0.1) is 0 Å². The van der Waals surface area contributed by atoms with Crippen LogP contribution in [0.4, 0.5) is 0 Å². The number of carbonyl (C=O) groups is 2. The molecule has 16 heavy (non-hydrogen) atoms. The van der Waals surface area contributed by atoms with Gasteiger partial charge < -0.3 is 14.9 Å². The van der Waals surface area contributed by atoms with Crippen molar-refractivity contribution in [3.8, 4) is 5.75 Å². The van der Waals surface area contributed by atoms with Crippen LogP contribution in [0.5, 0.6) is 5.75 Å². The van der Waals surface area contributed by atoms with Gasteiger partial charge in [-0.25, -0.2) is 14.6 Å². The maximum atomic E-state index is 10.7. The third-order valence-corrected chi connectivity index (χ3v) is 1.61. The molecule has 1 heterocycles. The van der Waals surface area contributed by atoms with Gasteiger partial charge in [-0.3, -0.25) is 0 Å². The molecular weight excluding hydrogens is 214 g/mol. The summed E-state index contributed by atoms with van der Waals surface area (Å²) >= 11 is 0. The van der Waals surface area contributed by atoms with Gasteiger partial charge in [0, 0.05) is 12.1 Å². The molecule has 0 spiro atoms. The SMILES string of the molecule is CC(C)Oc1cc(C(=O)O)nc(C(=O)O)c1. The molecule has 0 aliphatic rings. The van der Waals surface area contributed by atoms with Crippen LogP contribution in [0.1, 0.15) is 34.8 Å². The van der Waals surface area contributed by atoms with Gasteiger partial charge in [0.1, 0.15) is 5.75 Å². The van der Waals surface area contributed by atoms with E-state index in [1.807, 2.05) is 0 Å². The predicted molar refractivity (Wildman–Crippen MR) is 53.9 cm³/mol. The molecule has 0 atom stereocenters. The lowest BCUT2D eigenvalue weighted by Crippen LogP contribution is -2.11. The second kappa shape index (κ2) is 4.61. The number of aromatic carboxylic acids is 2. The van der Waals surface area contributed by atoms with Crippen molar-refractivity contribution in [1.82, 2.24) is 4.98 Å². The third-order valence-electron chi connectivity index (χ3n) is 1.61. The molecule has 0 fully saturated rings. The first kappa shape index (κ1) is 12.0. The zero-order valence-corrected chi connectivity index (χ0v) is 8.80. The van der Waals surface area contributed by atoms with Crippen LogP contribution in [0.2, 0.25) is 0 Å². The number of ether oxygens (including phenoxy) is 1. The number of aromatic nitrogens is 1. The maximum absolute atomic E-state index is 10.7. The average molecular weight is 225 g/mol. The molecule has 1 aromatic heterocycles. The number of hydrogen-bond acceptors (Lipinski definition) is 4. The minimum Gasteiger partial charge on any atom is -0.491 e. The second-order valence-electron chi connectivity index (χ2n) is 3.35. The molecule has 6 heteroatoms. The van der Waals surface area contributed by atoms with E-state index in [1.54, 1.807) is 13.8 Å². The molecule has 0 saturated carbocycles. The van der Waals surface area contributed by atoms with Gasteiger partial charge in [0.2, 0.25) is 0 Å². The van der Waals surface area contributed by atoms with Crippen molar-refractivity contribution >= 4 is 11.9 Å². The number of nitrogens with zero attached hydrogens (tertiary/aromatic N) is 1. The number of rotatable bonds is 4. The Morgan fingerprint density at radius 1 is 1.19 bits per heavy atom. The normalized spacial score (nSPS) is 10.2. The third kappa shape index (κ3) is 2.94. The standard InChI is InChI=1S/C10H11NO5/c1-5(2)16-6-3-7(9(12)13)11-8(4-6)10(14)15/h3-5H,1-2H3,(H,12,13)(H,14,15). The van der Waals surface area contributed by atoms with E-state index >= 15 is 0 Å². The van der Waals surface area contributed by atoms with Gasteiger partial charge in [0.25, 0.3) is 0 Å². The first-order valence-corrected chi connectivity index (χ1v) is 4.55. The van der Waals surface area contributed by atoms with Crippen LogP contribution in [0.15, 0.2) is 12.1 Å². The summed E-state index contributed by atoms with van der Waals surface area (Å²) in [6, 6.07) is 2.38. The van der Waals surface area contributed by atoms with E-state index in [9.17, 15) is 9.59 Å². The van der Waals surface area contributed by atoms with Crippen molar-refractivity contribution < 1.29 is 24.5 Å². The number of carboxylic acid groups (broad SMARTS) is 2. The Labute approximate surface area is 91.5 Å². The summed E-state index contributed by atoms with van der Waals surface area (Å²) < 4.78 is 5.23. The van der Waals surface area contributed by atoms with Gasteiger partial charge in [-0.05, 0) is 13.8 Å². The monoisotopic (exact) mass is 225 g/mol. The van der Waals surface area contributed by atoms with Crippen molar-refractivity contribution in [3.05, 3.63) is 23.5 Å². The zero-order valence-electron chi connectivity index (χ0n) is 8.80. The largest absolute Gasteiger partial charge is 0.491 e. The summed E-state index contributed by atoms with van der Waals surface area (Å²) in [6.07, 6.45) is -0.175. The van der Waals surface area contributed by atoms with Gasteiger partial charge in [-0.1, -0.05) is 0 Å². The van der Waals surface area contributed by atoms with E-state index < -0.39 is 11.9 Å². The Hall–Kier alpha value is -2.11. The van der Waals surface area contributed by atoms with Gasteiger partial charge in [0.15, 0.2) is 11.4 Å². The molecule has 0 saturated heterocycles. The Morgan fingerprint density at radius 3 is 1.94 bits per heavy atom. The Kier molecular flexibility index (Phi) is 3.44. The van der Waals surface area contributed by atoms with Gasteiger partial charge >= 0.3 is 11.9 Å². The second-order valence-corrected chi connectivity index (χ2v) is 3.35. The fourth-order valence-electron chi connectivity index (χ4n) is 1.06. The Bertz CT molecular complexity index is 395. The van der Waals surface area contributed by atoms with Crippen molar-refractivity contribution in [1.29, 1.82) is 0 Å². The lowest BCUT2D eigenvalue weighted by Gasteiger charge is -2.10. The van der Waals surface area contributed by atoms with E-state index in [4.69, 9.17) is 14.9 Å². The summed E-state index contributed by atoms with van der Waals surface area (Å²) in [6.45, 7) is 3.50. The van der Waals surface area contributed by atoms with Gasteiger partial charge in [-0.2, -0.15) is 0 Å². The smallest absolute Gasteiger partial charge is 0.354 e. The van der Waals surface area contributed by atoms with Crippen LogP contribution in [0, 0.1) is 0 Å². The van der Waals surface area contributed by atoms with Crippen LogP contribution >= 0.6 is 0 Å². The number of hydrogen-bond donors (Lipinski definition) is 2. The lowest BCUT2D eigenvalue weighted by molar-refractivity contribution is 0.0683. The van der Waals surface area contributed by atoms with Crippen molar-refractivity contribution in [2.45, 2.75) is 20.0 Å². The summed E-state index contributed by atoms with van der Waals surface area (Å²) in [4.78, 5) is 24.9. The molecule has 1 aromatic rings. The number of pyridine rings is 1. The first-order chi connectivity index (χ1) is 7.40. The van der Waals surface area contributed by atoms with E-state index in [-0.39, 0.29) is 23.2 Å². The van der Waals surface area contributed by atoms with Crippen LogP contribution in [-0.4, -0.2) is 33.2 Å². The average Bonchev–Trinajstić information content (AvgIpc) is 2.15. The molecule has 0 amide bonds. The summed E-state index contributed by atoms with van der Waals surface area (Å²) in [5.74, 6) is -2.41. The number of carboxylic acids is 2. The Morgan fingerprint density at radius 2 is 1.62 bits per heavy atom. The highest BCUT2D eigenvalue weighted by atomic mass is 16.5. The van der Waals surface area contributed by atoms with E-state index in [2.05, 4.69) is 4.98 Å². The quantitative estimate of drug-likeness (QED) is 0.800. The van der Waals surface area contributed by atoms with Crippen LogP contribution < -0.4 is 4.74 Å². The maximum Gasteiger partial charge on any atom is 0.354 e. The highest BCUT2D eigenvalue weighted by Crippen LogP contribution is 2.16. The summed E-state index contributed by atoms with van der Waals surface area (Å²) in [5.41, 5.74) is -0.703. The highest BCUT2D eigenvalue weighted by Gasteiger charge is 2.14. The van der Waals surface area contributed by atoms with Crippen LogP contribution in [0.25, 0.3) is 0 Å². The molecule has 0 radical (unpaired) electrons. The van der Waals surface area contributed by atoms with Crippen molar-refractivity contribution in [2.24, 2.45) is 0 Å². The molecule has 1 rings (SSSR count). The minimum absolute atomic E-state index is 0.175. The Balaban J connectivity index is 3.18. The molecule has 0 bridgehead atoms. The topological polar surface area (TPSA) is 96.7 Å². The molecule has 2 N–H and O–H groups in total. The van der Waals surface area contributed by atoms with E-state index in [0.29, 0.717) is 0 Å². The van der Waals surface area contributed by atoms with Crippen LogP contribution in [0.3, 0.4) is 0 Å². The zero-order chi connectivity index (χ0) is 12.3. The van der Waals surface area contributed by atoms with Crippen LogP contribution in [-0.2, 0) is 0 Å². The van der Waals surface area contributed by atoms with E-state index in [1.165, 1.54) is 12.1 Å². The minimum atomic E-state index is -1.29. The molecule has 86 valence electrons. The molecule has 0 unspecified atom stereocenters. The lowest BCUT2D eigenvalue weighted by atomic mass is 10.2. The summed E-state index contributed by atoms with van der Waals surface area (Å²) in [5, 5.41) is 17.5. The fourth-order valence-corrected chi connectivity index (χ4v) is 1.06. The first-order valence-electron chi connectivity index (χ1n) is 4.55. The molecule has 0 aliphatic carbocycles. The summed E-state index contributed by atoms with van der Waals surface area (Å²) in [7, 11) is 0. The van der Waals surface area contributed by atoms with Crippen molar-refractivity contribution in [2.75, 3.05) is 0 Å².